The van der Waals surface area contributed by atoms with Crippen LogP contribution in [0.4, 0.5) is 21.8 Å². The zero-order valence-electron chi connectivity index (χ0n) is 8.61. The third kappa shape index (κ3) is 2.80. The molecule has 0 aliphatic heterocycles. The van der Waals surface area contributed by atoms with Crippen molar-refractivity contribution < 1.29 is 4.39 Å². The van der Waals surface area contributed by atoms with Gasteiger partial charge in [-0.3, -0.25) is 5.43 Å². The van der Waals surface area contributed by atoms with E-state index in [9.17, 15) is 4.39 Å². The van der Waals surface area contributed by atoms with Gasteiger partial charge in [0.15, 0.2) is 0 Å². The van der Waals surface area contributed by atoms with E-state index >= 15 is 0 Å². The largest absolute Gasteiger partial charge is 0.338 e. The van der Waals surface area contributed by atoms with Crippen LogP contribution in [-0.4, -0.2) is 9.97 Å². The van der Waals surface area contributed by atoms with Crippen LogP contribution in [0.1, 0.15) is 0 Å². The van der Waals surface area contributed by atoms with Crippen LogP contribution in [0.25, 0.3) is 0 Å². The molecule has 1 aromatic carbocycles. The average Bonchev–Trinajstić information content (AvgIpc) is 2.33. The smallest absolute Gasteiger partial charge is 0.239 e. The molecule has 17 heavy (non-hydrogen) atoms. The summed E-state index contributed by atoms with van der Waals surface area (Å²) in [5.41, 5.74) is 2.57. The Hall–Kier alpha value is -1.92. The zero-order valence-corrected chi connectivity index (χ0v) is 9.37. The topological polar surface area (TPSA) is 75.9 Å². The van der Waals surface area contributed by atoms with Gasteiger partial charge >= 0.3 is 0 Å². The Bertz CT molecular complexity index is 534. The lowest BCUT2D eigenvalue weighted by Crippen LogP contribution is -2.11. The summed E-state index contributed by atoms with van der Waals surface area (Å²) in [6.07, 6.45) is 1.50. The van der Waals surface area contributed by atoms with Crippen molar-refractivity contribution in [2.45, 2.75) is 0 Å². The normalized spacial score (nSPS) is 10.1. The van der Waals surface area contributed by atoms with Crippen molar-refractivity contribution in [1.29, 1.82) is 0 Å². The fourth-order valence-corrected chi connectivity index (χ4v) is 1.39. The SMILES string of the molecule is NNc1nccc(Nc2ccc(Cl)cc2F)n1. The molecule has 2 aromatic rings. The number of nitrogen functional groups attached to an aromatic ring is 1. The van der Waals surface area contributed by atoms with Gasteiger partial charge in [0.25, 0.3) is 0 Å². The maximum absolute atomic E-state index is 13.5. The predicted octanol–water partition coefficient (Wildman–Crippen LogP) is 2.30. The number of benzene rings is 1. The first-order valence-corrected chi connectivity index (χ1v) is 5.08. The minimum Gasteiger partial charge on any atom is -0.338 e. The molecular formula is C10H9ClFN5. The summed E-state index contributed by atoms with van der Waals surface area (Å²) >= 11 is 5.65. The molecular weight excluding hydrogens is 245 g/mol. The molecule has 0 bridgehead atoms. The van der Waals surface area contributed by atoms with E-state index in [1.165, 1.54) is 18.3 Å². The molecule has 0 amide bonds. The summed E-state index contributed by atoms with van der Waals surface area (Å²) in [4.78, 5) is 7.83. The van der Waals surface area contributed by atoms with Gasteiger partial charge in [-0.15, -0.1) is 0 Å². The van der Waals surface area contributed by atoms with Crippen molar-refractivity contribution in [2.24, 2.45) is 5.84 Å². The van der Waals surface area contributed by atoms with Gasteiger partial charge in [0.05, 0.1) is 5.69 Å². The van der Waals surface area contributed by atoms with Crippen LogP contribution in [-0.2, 0) is 0 Å². The Morgan fingerprint density at radius 3 is 2.82 bits per heavy atom. The first kappa shape index (κ1) is 11.6. The van der Waals surface area contributed by atoms with Gasteiger partial charge < -0.3 is 5.32 Å². The number of halogens is 2. The summed E-state index contributed by atoms with van der Waals surface area (Å²) in [5, 5.41) is 3.13. The Morgan fingerprint density at radius 2 is 2.12 bits per heavy atom. The second-order valence-electron chi connectivity index (χ2n) is 3.16. The lowest BCUT2D eigenvalue weighted by molar-refractivity contribution is 0.632. The molecule has 0 aliphatic rings. The molecule has 0 radical (unpaired) electrons. The molecule has 1 heterocycles. The van der Waals surface area contributed by atoms with Gasteiger partial charge in [-0.2, -0.15) is 4.98 Å². The van der Waals surface area contributed by atoms with Crippen LogP contribution in [0.5, 0.6) is 0 Å². The van der Waals surface area contributed by atoms with E-state index in [4.69, 9.17) is 17.4 Å². The molecule has 0 saturated carbocycles. The van der Waals surface area contributed by atoms with Crippen molar-refractivity contribution in [2.75, 3.05) is 10.7 Å². The molecule has 7 heteroatoms. The number of nitrogens with zero attached hydrogens (tertiary/aromatic N) is 2. The highest BCUT2D eigenvalue weighted by Gasteiger charge is 2.04. The molecule has 0 aliphatic carbocycles. The van der Waals surface area contributed by atoms with Gasteiger partial charge in [0.2, 0.25) is 5.95 Å². The Morgan fingerprint density at radius 1 is 1.29 bits per heavy atom. The number of hydrogen-bond acceptors (Lipinski definition) is 5. The Balaban J connectivity index is 2.25. The summed E-state index contributed by atoms with van der Waals surface area (Å²) in [6, 6.07) is 5.91. The monoisotopic (exact) mass is 253 g/mol. The van der Waals surface area contributed by atoms with Crippen molar-refractivity contribution in [3.63, 3.8) is 0 Å². The quantitative estimate of drug-likeness (QED) is 0.578. The molecule has 88 valence electrons. The second kappa shape index (κ2) is 4.94. The third-order valence-corrected chi connectivity index (χ3v) is 2.21. The summed E-state index contributed by atoms with van der Waals surface area (Å²) in [6.45, 7) is 0. The van der Waals surface area contributed by atoms with Crippen molar-refractivity contribution in [1.82, 2.24) is 9.97 Å². The highest BCUT2D eigenvalue weighted by atomic mass is 35.5. The van der Waals surface area contributed by atoms with Crippen LogP contribution >= 0.6 is 11.6 Å². The summed E-state index contributed by atoms with van der Waals surface area (Å²) in [7, 11) is 0. The Kier molecular flexibility index (Phi) is 3.36. The van der Waals surface area contributed by atoms with Crippen LogP contribution in [0.2, 0.25) is 5.02 Å². The van der Waals surface area contributed by atoms with E-state index in [-0.39, 0.29) is 11.6 Å². The van der Waals surface area contributed by atoms with Crippen LogP contribution in [0, 0.1) is 5.82 Å². The molecule has 0 spiro atoms. The number of rotatable bonds is 3. The zero-order chi connectivity index (χ0) is 12.3. The lowest BCUT2D eigenvalue weighted by atomic mass is 10.3. The minimum atomic E-state index is -0.460. The third-order valence-electron chi connectivity index (χ3n) is 1.98. The molecule has 2 rings (SSSR count). The van der Waals surface area contributed by atoms with Crippen molar-refractivity contribution in [3.8, 4) is 0 Å². The molecule has 0 saturated heterocycles. The van der Waals surface area contributed by atoms with Crippen LogP contribution in [0.3, 0.4) is 0 Å². The maximum Gasteiger partial charge on any atom is 0.239 e. The lowest BCUT2D eigenvalue weighted by Gasteiger charge is -2.07. The van der Waals surface area contributed by atoms with Crippen LogP contribution < -0.4 is 16.6 Å². The molecule has 1 aromatic heterocycles. The highest BCUT2D eigenvalue weighted by Crippen LogP contribution is 2.22. The minimum absolute atomic E-state index is 0.240. The molecule has 5 nitrogen and oxygen atoms in total. The van der Waals surface area contributed by atoms with E-state index < -0.39 is 5.82 Å². The van der Waals surface area contributed by atoms with Crippen molar-refractivity contribution >= 4 is 29.1 Å². The standard InChI is InChI=1S/C10H9ClFN5/c11-6-1-2-8(7(12)5-6)15-9-3-4-14-10(16-9)17-13/h1-5H,13H2,(H2,14,15,16,17). The number of nitrogens with one attached hydrogen (secondary N) is 2. The van der Waals surface area contributed by atoms with E-state index in [2.05, 4.69) is 20.7 Å². The number of aromatic nitrogens is 2. The first-order chi connectivity index (χ1) is 8.19. The van der Waals surface area contributed by atoms with Crippen molar-refractivity contribution in [3.05, 3.63) is 41.3 Å². The maximum atomic E-state index is 13.5. The fourth-order valence-electron chi connectivity index (χ4n) is 1.23. The summed E-state index contributed by atoms with van der Waals surface area (Å²) in [5.74, 6) is 5.37. The molecule has 0 fully saturated rings. The van der Waals surface area contributed by atoms with E-state index in [0.29, 0.717) is 10.8 Å². The Labute approximate surface area is 102 Å². The van der Waals surface area contributed by atoms with Gasteiger partial charge in [0.1, 0.15) is 11.6 Å². The van der Waals surface area contributed by atoms with Gasteiger partial charge in [-0.1, -0.05) is 11.6 Å². The number of anilines is 3. The number of nitrogens with two attached hydrogens (primary N) is 1. The van der Waals surface area contributed by atoms with Gasteiger partial charge in [-0.25, -0.2) is 15.2 Å². The van der Waals surface area contributed by atoms with E-state index in [1.807, 2.05) is 0 Å². The second-order valence-corrected chi connectivity index (χ2v) is 3.60. The highest BCUT2D eigenvalue weighted by molar-refractivity contribution is 6.30. The molecule has 4 N–H and O–H groups in total. The molecule has 0 unspecified atom stereocenters. The van der Waals surface area contributed by atoms with E-state index in [0.717, 1.165) is 0 Å². The number of hydrogen-bond donors (Lipinski definition) is 3. The van der Waals surface area contributed by atoms with Crippen LogP contribution in [0.15, 0.2) is 30.5 Å². The average molecular weight is 254 g/mol. The molecule has 0 atom stereocenters. The first-order valence-electron chi connectivity index (χ1n) is 4.71. The van der Waals surface area contributed by atoms with Gasteiger partial charge in [0, 0.05) is 11.2 Å². The van der Waals surface area contributed by atoms with E-state index in [1.54, 1.807) is 12.1 Å². The summed E-state index contributed by atoms with van der Waals surface area (Å²) < 4.78 is 13.5. The predicted molar refractivity (Wildman–Crippen MR) is 64.5 cm³/mol. The van der Waals surface area contributed by atoms with Gasteiger partial charge in [-0.05, 0) is 24.3 Å². The fraction of sp³-hybridized carbons (Fsp3) is 0. The number of hydrazine groups is 1.